The van der Waals surface area contributed by atoms with Gasteiger partial charge in [-0.25, -0.2) is 9.78 Å². The summed E-state index contributed by atoms with van der Waals surface area (Å²) in [7, 11) is 0. The van der Waals surface area contributed by atoms with E-state index in [1.165, 1.54) is 6.26 Å². The number of rotatable bonds is 3. The Labute approximate surface area is 156 Å². The van der Waals surface area contributed by atoms with Crippen LogP contribution >= 0.6 is 0 Å². The van der Waals surface area contributed by atoms with E-state index in [0.717, 1.165) is 22.4 Å². The van der Waals surface area contributed by atoms with Crippen LogP contribution in [0.1, 0.15) is 21.9 Å². The molecule has 3 amide bonds. The van der Waals surface area contributed by atoms with Gasteiger partial charge in [-0.3, -0.25) is 4.79 Å². The second kappa shape index (κ2) is 7.14. The van der Waals surface area contributed by atoms with Crippen LogP contribution in [0.15, 0.2) is 41.0 Å². The number of nitrogens with one attached hydrogen (secondary N) is 2. The first-order valence-electron chi connectivity index (χ1n) is 8.91. The molecule has 0 spiro atoms. The Morgan fingerprint density at radius 1 is 1.15 bits per heavy atom. The first kappa shape index (κ1) is 17.1. The molecule has 1 saturated heterocycles. The van der Waals surface area contributed by atoms with Gasteiger partial charge in [-0.15, -0.1) is 0 Å². The summed E-state index contributed by atoms with van der Waals surface area (Å²) in [4.78, 5) is 35.8. The monoisotopic (exact) mass is 367 g/mol. The molecule has 2 aromatic heterocycles. The van der Waals surface area contributed by atoms with Crippen LogP contribution in [0.5, 0.6) is 0 Å². The standard InChI is InChI=1S/C19H21N5O3/c1-13-4-2-5-14-17(13)22-16(21-14)12-20-19(26)24-9-7-23(8-10-24)18(25)15-6-3-11-27-15/h2-6,11H,7-10,12H2,1H3,(H,20,26)(H,21,22). The molecule has 0 atom stereocenters. The minimum atomic E-state index is -0.155. The smallest absolute Gasteiger partial charge is 0.317 e. The predicted molar refractivity (Wildman–Crippen MR) is 99.3 cm³/mol. The number of carbonyl (C=O) groups is 2. The second-order valence-electron chi connectivity index (χ2n) is 6.57. The van der Waals surface area contributed by atoms with Crippen molar-refractivity contribution < 1.29 is 14.0 Å². The Morgan fingerprint density at radius 2 is 1.93 bits per heavy atom. The van der Waals surface area contributed by atoms with Crippen molar-refractivity contribution in [1.82, 2.24) is 25.1 Å². The van der Waals surface area contributed by atoms with E-state index in [-0.39, 0.29) is 11.9 Å². The van der Waals surface area contributed by atoms with E-state index in [2.05, 4.69) is 15.3 Å². The lowest BCUT2D eigenvalue weighted by atomic mass is 10.2. The number of aryl methyl sites for hydroxylation is 1. The van der Waals surface area contributed by atoms with Gasteiger partial charge in [0, 0.05) is 26.2 Å². The second-order valence-corrected chi connectivity index (χ2v) is 6.57. The molecule has 1 fully saturated rings. The number of para-hydroxylation sites is 1. The molecular formula is C19H21N5O3. The van der Waals surface area contributed by atoms with Crippen LogP contribution in [-0.2, 0) is 6.54 Å². The highest BCUT2D eigenvalue weighted by Gasteiger charge is 2.26. The number of hydrogen-bond acceptors (Lipinski definition) is 4. The zero-order chi connectivity index (χ0) is 18.8. The highest BCUT2D eigenvalue weighted by atomic mass is 16.3. The zero-order valence-corrected chi connectivity index (χ0v) is 15.1. The molecule has 2 N–H and O–H groups in total. The van der Waals surface area contributed by atoms with Gasteiger partial charge < -0.3 is 24.5 Å². The van der Waals surface area contributed by atoms with Gasteiger partial charge in [-0.1, -0.05) is 12.1 Å². The molecular weight excluding hydrogens is 346 g/mol. The molecule has 1 aliphatic rings. The fourth-order valence-electron chi connectivity index (χ4n) is 3.25. The molecule has 0 aliphatic carbocycles. The number of furan rings is 1. The van der Waals surface area contributed by atoms with Crippen LogP contribution in [-0.4, -0.2) is 57.9 Å². The van der Waals surface area contributed by atoms with Crippen molar-refractivity contribution >= 4 is 23.0 Å². The summed E-state index contributed by atoms with van der Waals surface area (Å²) in [6.45, 7) is 4.27. The topological polar surface area (TPSA) is 94.5 Å². The molecule has 1 aromatic carbocycles. The first-order valence-corrected chi connectivity index (χ1v) is 8.91. The van der Waals surface area contributed by atoms with E-state index < -0.39 is 0 Å². The maximum Gasteiger partial charge on any atom is 0.317 e. The number of aromatic nitrogens is 2. The largest absolute Gasteiger partial charge is 0.459 e. The Kier molecular flexibility index (Phi) is 4.53. The SMILES string of the molecule is Cc1cccc2[nH]c(CNC(=O)N3CCN(C(=O)c4ccco4)CC3)nc12. The van der Waals surface area contributed by atoms with Gasteiger partial charge in [0.1, 0.15) is 5.82 Å². The highest BCUT2D eigenvalue weighted by Crippen LogP contribution is 2.15. The first-order chi connectivity index (χ1) is 13.1. The molecule has 140 valence electrons. The molecule has 4 rings (SSSR count). The minimum Gasteiger partial charge on any atom is -0.459 e. The van der Waals surface area contributed by atoms with Crippen molar-refractivity contribution in [3.63, 3.8) is 0 Å². The fraction of sp³-hybridized carbons (Fsp3) is 0.316. The molecule has 27 heavy (non-hydrogen) atoms. The highest BCUT2D eigenvalue weighted by molar-refractivity contribution is 5.91. The number of carbonyl (C=O) groups excluding carboxylic acids is 2. The normalized spacial score (nSPS) is 14.6. The number of nitrogens with zero attached hydrogens (tertiary/aromatic N) is 3. The number of aromatic amines is 1. The number of amides is 3. The van der Waals surface area contributed by atoms with Crippen molar-refractivity contribution in [3.05, 3.63) is 53.7 Å². The molecule has 1 aliphatic heterocycles. The van der Waals surface area contributed by atoms with Gasteiger partial charge in [-0.05, 0) is 30.7 Å². The van der Waals surface area contributed by atoms with Crippen LogP contribution in [0, 0.1) is 6.92 Å². The maximum absolute atomic E-state index is 12.4. The number of fused-ring (bicyclic) bond motifs is 1. The summed E-state index contributed by atoms with van der Waals surface area (Å²) in [5.74, 6) is 0.907. The van der Waals surface area contributed by atoms with E-state index in [1.54, 1.807) is 21.9 Å². The van der Waals surface area contributed by atoms with Crippen molar-refractivity contribution in [2.45, 2.75) is 13.5 Å². The number of piperazine rings is 1. The number of hydrogen-bond donors (Lipinski definition) is 2. The molecule has 3 aromatic rings. The fourth-order valence-corrected chi connectivity index (χ4v) is 3.25. The number of H-pyrrole nitrogens is 1. The lowest BCUT2D eigenvalue weighted by molar-refractivity contribution is 0.0634. The third-order valence-electron chi connectivity index (χ3n) is 4.76. The van der Waals surface area contributed by atoms with Crippen LogP contribution < -0.4 is 5.32 Å². The van der Waals surface area contributed by atoms with E-state index in [9.17, 15) is 9.59 Å². The molecule has 0 bridgehead atoms. The molecule has 8 nitrogen and oxygen atoms in total. The molecule has 0 unspecified atom stereocenters. The van der Waals surface area contributed by atoms with E-state index in [0.29, 0.717) is 38.5 Å². The van der Waals surface area contributed by atoms with Gasteiger partial charge in [0.15, 0.2) is 5.76 Å². The Morgan fingerprint density at radius 3 is 2.63 bits per heavy atom. The molecule has 0 saturated carbocycles. The number of imidazole rings is 1. The summed E-state index contributed by atoms with van der Waals surface area (Å²) < 4.78 is 5.15. The Balaban J connectivity index is 1.30. The Hall–Kier alpha value is -3.29. The van der Waals surface area contributed by atoms with Gasteiger partial charge in [0.2, 0.25) is 0 Å². The van der Waals surface area contributed by atoms with Crippen molar-refractivity contribution in [3.8, 4) is 0 Å². The van der Waals surface area contributed by atoms with Crippen molar-refractivity contribution in [1.29, 1.82) is 0 Å². The van der Waals surface area contributed by atoms with Crippen LogP contribution in [0.3, 0.4) is 0 Å². The average molecular weight is 367 g/mol. The van der Waals surface area contributed by atoms with Crippen LogP contribution in [0.4, 0.5) is 4.79 Å². The van der Waals surface area contributed by atoms with E-state index in [4.69, 9.17) is 4.42 Å². The van der Waals surface area contributed by atoms with Crippen LogP contribution in [0.2, 0.25) is 0 Å². The summed E-state index contributed by atoms with van der Waals surface area (Å²) in [5.41, 5.74) is 2.98. The van der Waals surface area contributed by atoms with Crippen LogP contribution in [0.25, 0.3) is 11.0 Å². The molecule has 3 heterocycles. The minimum absolute atomic E-state index is 0.141. The third kappa shape index (κ3) is 3.51. The number of urea groups is 1. The zero-order valence-electron chi connectivity index (χ0n) is 15.1. The number of benzene rings is 1. The Bertz CT molecular complexity index is 955. The van der Waals surface area contributed by atoms with E-state index in [1.807, 2.05) is 25.1 Å². The predicted octanol–water partition coefficient (Wildman–Crippen LogP) is 2.13. The summed E-state index contributed by atoms with van der Waals surface area (Å²) in [6.07, 6.45) is 1.48. The lowest BCUT2D eigenvalue weighted by Crippen LogP contribution is -2.53. The van der Waals surface area contributed by atoms with Crippen molar-refractivity contribution in [2.75, 3.05) is 26.2 Å². The lowest BCUT2D eigenvalue weighted by Gasteiger charge is -2.34. The average Bonchev–Trinajstić information content (AvgIpc) is 3.36. The summed E-state index contributed by atoms with van der Waals surface area (Å²) >= 11 is 0. The quantitative estimate of drug-likeness (QED) is 0.741. The summed E-state index contributed by atoms with van der Waals surface area (Å²) in [5, 5.41) is 2.89. The van der Waals surface area contributed by atoms with Crippen molar-refractivity contribution in [2.24, 2.45) is 0 Å². The van der Waals surface area contributed by atoms with Gasteiger partial charge >= 0.3 is 6.03 Å². The third-order valence-corrected chi connectivity index (χ3v) is 4.76. The molecule has 8 heteroatoms. The molecule has 0 radical (unpaired) electrons. The van der Waals surface area contributed by atoms with Gasteiger partial charge in [-0.2, -0.15) is 0 Å². The maximum atomic E-state index is 12.4. The summed E-state index contributed by atoms with van der Waals surface area (Å²) in [6, 6.07) is 9.14. The van der Waals surface area contributed by atoms with Gasteiger partial charge in [0.25, 0.3) is 5.91 Å². The van der Waals surface area contributed by atoms with E-state index >= 15 is 0 Å². The van der Waals surface area contributed by atoms with Gasteiger partial charge in [0.05, 0.1) is 23.8 Å².